The van der Waals surface area contributed by atoms with Gasteiger partial charge in [-0.05, 0) is 18.2 Å². The van der Waals surface area contributed by atoms with E-state index in [1.54, 1.807) is 6.07 Å². The minimum atomic E-state index is -1.37. The number of aromatic nitrogens is 2. The van der Waals surface area contributed by atoms with Crippen LogP contribution in [0.4, 0.5) is 0 Å². The molecular formula is C15H10N2O4. The van der Waals surface area contributed by atoms with Crippen LogP contribution in [0.15, 0.2) is 42.6 Å². The molecule has 0 saturated heterocycles. The topological polar surface area (TPSA) is 103 Å². The maximum absolute atomic E-state index is 11.4. The molecule has 2 heterocycles. The van der Waals surface area contributed by atoms with Gasteiger partial charge in [0.25, 0.3) is 0 Å². The zero-order valence-electron chi connectivity index (χ0n) is 10.7. The molecule has 0 aliphatic rings. The lowest BCUT2D eigenvalue weighted by molar-refractivity contribution is 0.0647. The first-order valence-electron chi connectivity index (χ1n) is 6.11. The Morgan fingerprint density at radius 2 is 1.81 bits per heavy atom. The molecule has 0 unspecified atom stereocenters. The fourth-order valence-electron chi connectivity index (χ4n) is 2.28. The van der Waals surface area contributed by atoms with Crippen LogP contribution in [0.3, 0.4) is 0 Å². The fraction of sp³-hybridized carbons (Fsp3) is 0. The van der Waals surface area contributed by atoms with Crippen molar-refractivity contribution in [2.45, 2.75) is 0 Å². The van der Waals surface area contributed by atoms with Crippen molar-refractivity contribution in [3.8, 4) is 11.3 Å². The van der Waals surface area contributed by atoms with Gasteiger partial charge in [0, 0.05) is 28.4 Å². The lowest BCUT2D eigenvalue weighted by Gasteiger charge is -2.06. The van der Waals surface area contributed by atoms with Crippen molar-refractivity contribution in [1.29, 1.82) is 0 Å². The highest BCUT2D eigenvalue weighted by Gasteiger charge is 2.23. The molecule has 104 valence electrons. The monoisotopic (exact) mass is 282 g/mol. The van der Waals surface area contributed by atoms with E-state index in [2.05, 4.69) is 9.97 Å². The number of benzene rings is 1. The summed E-state index contributed by atoms with van der Waals surface area (Å²) in [6, 6.07) is 10.7. The Kier molecular flexibility index (Phi) is 2.91. The minimum absolute atomic E-state index is 0.297. The summed E-state index contributed by atoms with van der Waals surface area (Å²) in [4.78, 5) is 29.3. The minimum Gasteiger partial charge on any atom is -0.478 e. The van der Waals surface area contributed by atoms with Crippen molar-refractivity contribution < 1.29 is 19.8 Å². The SMILES string of the molecule is O=C(O)c1nccc(-c2cc3ccccc3[nH]2)c1C(=O)O. The highest BCUT2D eigenvalue weighted by molar-refractivity contribution is 6.05. The van der Waals surface area contributed by atoms with E-state index in [0.717, 1.165) is 10.9 Å². The summed E-state index contributed by atoms with van der Waals surface area (Å²) in [5.41, 5.74) is 0.886. The fourth-order valence-corrected chi connectivity index (χ4v) is 2.28. The third-order valence-electron chi connectivity index (χ3n) is 3.19. The molecule has 3 rings (SSSR count). The molecule has 0 bridgehead atoms. The largest absolute Gasteiger partial charge is 0.478 e. The molecule has 0 atom stereocenters. The first-order chi connectivity index (χ1) is 10.1. The lowest BCUT2D eigenvalue weighted by atomic mass is 10.0. The predicted octanol–water partition coefficient (Wildman–Crippen LogP) is 2.63. The van der Waals surface area contributed by atoms with Gasteiger partial charge in [-0.2, -0.15) is 0 Å². The summed E-state index contributed by atoms with van der Waals surface area (Å²) >= 11 is 0. The predicted molar refractivity (Wildman–Crippen MR) is 75.4 cm³/mol. The molecule has 3 aromatic rings. The van der Waals surface area contributed by atoms with Gasteiger partial charge in [0.2, 0.25) is 0 Å². The van der Waals surface area contributed by atoms with Crippen molar-refractivity contribution in [3.63, 3.8) is 0 Å². The summed E-state index contributed by atoms with van der Waals surface area (Å²) in [5.74, 6) is -2.69. The average Bonchev–Trinajstić information content (AvgIpc) is 2.90. The molecule has 0 radical (unpaired) electrons. The highest BCUT2D eigenvalue weighted by Crippen LogP contribution is 2.28. The normalized spacial score (nSPS) is 10.7. The van der Waals surface area contributed by atoms with Crippen LogP contribution in [0, 0.1) is 0 Å². The van der Waals surface area contributed by atoms with Gasteiger partial charge in [-0.3, -0.25) is 0 Å². The second kappa shape index (κ2) is 4.75. The summed E-state index contributed by atoms with van der Waals surface area (Å²) in [6.45, 7) is 0. The number of carboxylic acid groups (broad SMARTS) is 2. The van der Waals surface area contributed by atoms with Crippen molar-refractivity contribution in [3.05, 3.63) is 53.9 Å². The molecule has 0 aliphatic carbocycles. The van der Waals surface area contributed by atoms with E-state index in [-0.39, 0.29) is 5.56 Å². The molecule has 0 amide bonds. The van der Waals surface area contributed by atoms with E-state index >= 15 is 0 Å². The zero-order valence-corrected chi connectivity index (χ0v) is 10.7. The van der Waals surface area contributed by atoms with E-state index in [1.807, 2.05) is 24.3 Å². The van der Waals surface area contributed by atoms with Crippen LogP contribution in [-0.4, -0.2) is 32.1 Å². The summed E-state index contributed by atoms with van der Waals surface area (Å²) in [7, 11) is 0. The molecule has 1 aromatic carbocycles. The Morgan fingerprint density at radius 3 is 2.48 bits per heavy atom. The maximum atomic E-state index is 11.4. The number of pyridine rings is 1. The number of hydrogen-bond acceptors (Lipinski definition) is 3. The number of H-pyrrole nitrogens is 1. The Balaban J connectivity index is 2.28. The molecule has 21 heavy (non-hydrogen) atoms. The Morgan fingerprint density at radius 1 is 1.05 bits per heavy atom. The maximum Gasteiger partial charge on any atom is 0.355 e. The van der Waals surface area contributed by atoms with Crippen LogP contribution >= 0.6 is 0 Å². The molecule has 6 nitrogen and oxygen atoms in total. The van der Waals surface area contributed by atoms with Crippen LogP contribution in [0.1, 0.15) is 20.8 Å². The first kappa shape index (κ1) is 12.9. The third-order valence-corrected chi connectivity index (χ3v) is 3.19. The second-order valence-electron chi connectivity index (χ2n) is 4.46. The van der Waals surface area contributed by atoms with Gasteiger partial charge in [-0.15, -0.1) is 0 Å². The van der Waals surface area contributed by atoms with Gasteiger partial charge >= 0.3 is 11.9 Å². The standard InChI is InChI=1S/C15H10N2O4/c18-14(19)12-9(5-6-16-13(12)15(20)21)11-7-8-3-1-2-4-10(8)17-11/h1-7,17H,(H,18,19)(H,20,21). The van der Waals surface area contributed by atoms with Crippen molar-refractivity contribution in [2.75, 3.05) is 0 Å². The second-order valence-corrected chi connectivity index (χ2v) is 4.46. The number of para-hydroxylation sites is 1. The van der Waals surface area contributed by atoms with E-state index in [1.165, 1.54) is 12.3 Å². The van der Waals surface area contributed by atoms with Gasteiger partial charge in [0.05, 0.1) is 0 Å². The Hall–Kier alpha value is -3.15. The van der Waals surface area contributed by atoms with Crippen molar-refractivity contribution in [2.24, 2.45) is 0 Å². The number of carbonyl (C=O) groups is 2. The van der Waals surface area contributed by atoms with Gasteiger partial charge in [-0.1, -0.05) is 18.2 Å². The Labute approximate surface area is 118 Å². The molecule has 0 fully saturated rings. The number of nitrogens with zero attached hydrogens (tertiary/aromatic N) is 1. The van der Waals surface area contributed by atoms with Gasteiger partial charge in [0.1, 0.15) is 5.56 Å². The summed E-state index contributed by atoms with van der Waals surface area (Å²) < 4.78 is 0. The van der Waals surface area contributed by atoms with Gasteiger partial charge in [-0.25, -0.2) is 14.6 Å². The average molecular weight is 282 g/mol. The highest BCUT2D eigenvalue weighted by atomic mass is 16.4. The molecule has 3 N–H and O–H groups in total. The molecule has 2 aromatic heterocycles. The molecule has 0 aliphatic heterocycles. The van der Waals surface area contributed by atoms with Crippen LogP contribution in [0.25, 0.3) is 22.2 Å². The number of carboxylic acids is 2. The Bertz CT molecular complexity index is 834. The number of rotatable bonds is 3. The van der Waals surface area contributed by atoms with Crippen LogP contribution in [0.2, 0.25) is 0 Å². The first-order valence-corrected chi connectivity index (χ1v) is 6.11. The third kappa shape index (κ3) is 2.12. The van der Waals surface area contributed by atoms with Crippen molar-refractivity contribution >= 4 is 22.8 Å². The van der Waals surface area contributed by atoms with E-state index in [0.29, 0.717) is 11.3 Å². The van der Waals surface area contributed by atoms with Crippen LogP contribution < -0.4 is 0 Å². The van der Waals surface area contributed by atoms with E-state index in [9.17, 15) is 14.7 Å². The molecule has 0 saturated carbocycles. The molecular weight excluding hydrogens is 272 g/mol. The van der Waals surface area contributed by atoms with Gasteiger partial charge < -0.3 is 15.2 Å². The van der Waals surface area contributed by atoms with E-state index < -0.39 is 17.6 Å². The summed E-state index contributed by atoms with van der Waals surface area (Å²) in [6.07, 6.45) is 1.29. The van der Waals surface area contributed by atoms with Crippen LogP contribution in [-0.2, 0) is 0 Å². The smallest absolute Gasteiger partial charge is 0.355 e. The molecule has 6 heteroatoms. The number of nitrogens with one attached hydrogen (secondary N) is 1. The van der Waals surface area contributed by atoms with Gasteiger partial charge in [0.15, 0.2) is 5.69 Å². The number of aromatic carboxylic acids is 2. The quantitative estimate of drug-likeness (QED) is 0.685. The van der Waals surface area contributed by atoms with E-state index in [4.69, 9.17) is 5.11 Å². The number of aromatic amines is 1. The number of fused-ring (bicyclic) bond motifs is 1. The van der Waals surface area contributed by atoms with Crippen molar-refractivity contribution in [1.82, 2.24) is 9.97 Å². The number of hydrogen-bond donors (Lipinski definition) is 3. The summed E-state index contributed by atoms with van der Waals surface area (Å²) in [5, 5.41) is 19.3. The molecule has 0 spiro atoms. The lowest BCUT2D eigenvalue weighted by Crippen LogP contribution is -2.12. The zero-order chi connectivity index (χ0) is 15.0. The van der Waals surface area contributed by atoms with Crippen LogP contribution in [0.5, 0.6) is 0 Å².